The molecule has 0 radical (unpaired) electrons. The van der Waals surface area contributed by atoms with Crippen molar-refractivity contribution in [2.45, 2.75) is 51.5 Å². The highest BCUT2D eigenvalue weighted by Crippen LogP contribution is 2.40. The van der Waals surface area contributed by atoms with Crippen LogP contribution in [0.5, 0.6) is 0 Å². The molecule has 0 saturated carbocycles. The summed E-state index contributed by atoms with van der Waals surface area (Å²) in [5, 5.41) is 18.7. The summed E-state index contributed by atoms with van der Waals surface area (Å²) in [7, 11) is -3.03. The predicted octanol–water partition coefficient (Wildman–Crippen LogP) is 1.75. The Balaban J connectivity index is 1.92. The zero-order valence-electron chi connectivity index (χ0n) is 16.9. The van der Waals surface area contributed by atoms with Gasteiger partial charge in [-0.05, 0) is 56.9 Å². The third-order valence-electron chi connectivity index (χ3n) is 5.46. The van der Waals surface area contributed by atoms with Gasteiger partial charge in [-0.15, -0.1) is 0 Å². The highest BCUT2D eigenvalue weighted by molar-refractivity contribution is 6.62. The minimum atomic E-state index is -4.60. The van der Waals surface area contributed by atoms with Crippen molar-refractivity contribution >= 4 is 25.2 Å². The van der Waals surface area contributed by atoms with Gasteiger partial charge in [-0.25, -0.2) is 9.37 Å². The Bertz CT molecular complexity index is 955. The number of nitrogens with zero attached hydrogens (tertiary/aromatic N) is 1. The van der Waals surface area contributed by atoms with Gasteiger partial charge in [-0.2, -0.15) is 13.2 Å². The molecule has 0 bridgehead atoms. The van der Waals surface area contributed by atoms with Crippen LogP contribution in [0.15, 0.2) is 30.3 Å². The largest absolute Gasteiger partial charge is 0.494 e. The van der Waals surface area contributed by atoms with Gasteiger partial charge in [0.25, 0.3) is 0 Å². The van der Waals surface area contributed by atoms with E-state index in [1.165, 1.54) is 25.1 Å². The molecular weight excluding hydrogens is 404 g/mol. The minimum Gasteiger partial charge on any atom is -0.423 e. The van der Waals surface area contributed by atoms with Crippen molar-refractivity contribution in [1.82, 2.24) is 4.98 Å². The zero-order chi connectivity index (χ0) is 22.5. The number of rotatable bonds is 4. The molecule has 1 unspecified atom stereocenters. The summed E-state index contributed by atoms with van der Waals surface area (Å²) < 4.78 is 65.2. The first-order valence-corrected chi connectivity index (χ1v) is 9.28. The average molecular weight is 425 g/mol. The molecule has 1 aliphatic heterocycles. The normalized spacial score (nSPS) is 21.2. The van der Waals surface area contributed by atoms with Crippen LogP contribution in [0.25, 0.3) is 0 Å². The van der Waals surface area contributed by atoms with Gasteiger partial charge in [0, 0.05) is 17.6 Å². The summed E-state index contributed by atoms with van der Waals surface area (Å²) in [5.74, 6) is -0.758. The van der Waals surface area contributed by atoms with Gasteiger partial charge in [-0.1, -0.05) is 12.1 Å². The summed E-state index contributed by atoms with van der Waals surface area (Å²) in [6.45, 7) is 6.69. The van der Waals surface area contributed by atoms with E-state index in [9.17, 15) is 27.6 Å². The minimum absolute atomic E-state index is 0.179. The third kappa shape index (κ3) is 4.39. The van der Waals surface area contributed by atoms with E-state index in [1.807, 2.05) is 0 Å². The Morgan fingerprint density at radius 3 is 2.37 bits per heavy atom. The first-order valence-electron chi connectivity index (χ1n) is 9.28. The van der Waals surface area contributed by atoms with E-state index >= 15 is 0 Å². The highest BCUT2D eigenvalue weighted by Gasteiger charge is 2.54. The van der Waals surface area contributed by atoms with Gasteiger partial charge in [0.15, 0.2) is 0 Å². The number of alkyl halides is 3. The predicted molar refractivity (Wildman–Crippen MR) is 104 cm³/mol. The van der Waals surface area contributed by atoms with Crippen LogP contribution in [0.4, 0.5) is 17.6 Å². The van der Waals surface area contributed by atoms with E-state index in [4.69, 9.17) is 9.31 Å². The lowest BCUT2D eigenvalue weighted by Gasteiger charge is -2.36. The van der Waals surface area contributed by atoms with Crippen molar-refractivity contribution in [2.24, 2.45) is 0 Å². The molecule has 11 heteroatoms. The number of aryl methyl sites for hydroxylation is 1. The molecule has 5 nitrogen and oxygen atoms in total. The average Bonchev–Trinajstić information content (AvgIpc) is 2.84. The Labute approximate surface area is 172 Å². The van der Waals surface area contributed by atoms with Gasteiger partial charge >= 0.3 is 20.4 Å². The Kier molecular flexibility index (Phi) is 5.79. The number of halogens is 4. The molecule has 160 valence electrons. The lowest BCUT2D eigenvalue weighted by molar-refractivity contribution is -0.141. The number of aromatic nitrogens is 1. The van der Waals surface area contributed by atoms with E-state index in [-0.39, 0.29) is 23.0 Å². The first kappa shape index (κ1) is 22.7. The van der Waals surface area contributed by atoms with Crippen LogP contribution in [0.1, 0.15) is 37.7 Å². The van der Waals surface area contributed by atoms with E-state index in [0.29, 0.717) is 5.56 Å². The van der Waals surface area contributed by atoms with Crippen LogP contribution in [-0.2, 0) is 21.9 Å². The molecule has 0 spiro atoms. The van der Waals surface area contributed by atoms with Crippen LogP contribution in [0.3, 0.4) is 0 Å². The van der Waals surface area contributed by atoms with Gasteiger partial charge in [0.1, 0.15) is 11.5 Å². The molecule has 0 aliphatic carbocycles. The van der Waals surface area contributed by atoms with Crippen LogP contribution in [-0.4, -0.2) is 40.5 Å². The molecule has 0 amide bonds. The number of hydrogen-bond acceptors (Lipinski definition) is 5. The maximum Gasteiger partial charge on any atom is 0.494 e. The fourth-order valence-electron chi connectivity index (χ4n) is 3.45. The van der Waals surface area contributed by atoms with Gasteiger partial charge in [0.05, 0.1) is 11.2 Å². The van der Waals surface area contributed by atoms with Gasteiger partial charge < -0.3 is 19.4 Å². The summed E-state index contributed by atoms with van der Waals surface area (Å²) in [4.78, 5) is 3.53. The molecule has 2 aromatic rings. The molecule has 1 aliphatic rings. The van der Waals surface area contributed by atoms with Crippen molar-refractivity contribution in [1.29, 1.82) is 0 Å². The Morgan fingerprint density at radius 1 is 1.10 bits per heavy atom. The molecular formula is C19H21B2F4NO4. The lowest BCUT2D eigenvalue weighted by Crippen LogP contribution is -2.47. The maximum absolute atomic E-state index is 13.8. The lowest BCUT2D eigenvalue weighted by atomic mass is 9.76. The van der Waals surface area contributed by atoms with Crippen LogP contribution in [0.2, 0.25) is 0 Å². The molecule has 3 rings (SSSR count). The molecule has 1 aromatic heterocycles. The summed E-state index contributed by atoms with van der Waals surface area (Å²) in [6.07, 6.45) is -4.40. The van der Waals surface area contributed by atoms with Crippen molar-refractivity contribution in [3.05, 3.63) is 53.1 Å². The van der Waals surface area contributed by atoms with E-state index in [1.54, 1.807) is 20.8 Å². The molecule has 1 atom stereocenters. The highest BCUT2D eigenvalue weighted by atomic mass is 19.4. The fourth-order valence-corrected chi connectivity index (χ4v) is 3.45. The molecule has 1 saturated heterocycles. The second kappa shape index (κ2) is 7.64. The van der Waals surface area contributed by atoms with Crippen molar-refractivity contribution in [2.75, 3.05) is 0 Å². The monoisotopic (exact) mass is 425 g/mol. The smallest absolute Gasteiger partial charge is 0.423 e. The Morgan fingerprint density at radius 2 is 1.77 bits per heavy atom. The van der Waals surface area contributed by atoms with Crippen molar-refractivity contribution in [3.8, 4) is 0 Å². The van der Waals surface area contributed by atoms with Crippen LogP contribution < -0.4 is 10.9 Å². The van der Waals surface area contributed by atoms with Crippen LogP contribution >= 0.6 is 0 Å². The number of pyridine rings is 1. The third-order valence-corrected chi connectivity index (χ3v) is 5.46. The van der Waals surface area contributed by atoms with Crippen molar-refractivity contribution < 1.29 is 36.9 Å². The number of hydrogen-bond donors (Lipinski definition) is 2. The molecule has 1 aromatic carbocycles. The number of benzene rings is 1. The second-order valence-electron chi connectivity index (χ2n) is 8.14. The van der Waals surface area contributed by atoms with E-state index in [0.717, 1.165) is 12.1 Å². The SMILES string of the molecule is Cc1cc(B2OC(C)(C)C(C)(Cc3ccc(F)c(B(O)O)c3)O2)cc(C(F)(F)F)n1. The molecule has 30 heavy (non-hydrogen) atoms. The summed E-state index contributed by atoms with van der Waals surface area (Å²) in [6, 6.07) is 6.29. The second-order valence-corrected chi connectivity index (χ2v) is 8.14. The topological polar surface area (TPSA) is 71.8 Å². The fraction of sp³-hybridized carbons (Fsp3) is 0.421. The van der Waals surface area contributed by atoms with Crippen molar-refractivity contribution in [3.63, 3.8) is 0 Å². The van der Waals surface area contributed by atoms with Crippen LogP contribution in [0, 0.1) is 12.7 Å². The van der Waals surface area contributed by atoms with E-state index in [2.05, 4.69) is 4.98 Å². The Hall–Kier alpha value is -1.94. The molecule has 1 fully saturated rings. The first-order chi connectivity index (χ1) is 13.7. The standard InChI is InChI=1S/C19H21B2F4NO4/c1-11-7-13(9-16(26-11)19(23,24)25)21-29-17(2,3)18(4,30-21)10-12-5-6-15(22)14(8-12)20(27)28/h5-9,27-28H,10H2,1-4H3. The summed E-state index contributed by atoms with van der Waals surface area (Å²) in [5.41, 5.74) is -2.29. The van der Waals surface area contributed by atoms with Gasteiger partial charge in [-0.3, -0.25) is 0 Å². The quantitative estimate of drug-likeness (QED) is 0.578. The summed E-state index contributed by atoms with van der Waals surface area (Å²) >= 11 is 0. The maximum atomic E-state index is 13.8. The zero-order valence-corrected chi connectivity index (χ0v) is 16.9. The van der Waals surface area contributed by atoms with E-state index < -0.39 is 43.1 Å². The molecule has 2 N–H and O–H groups in total. The van der Waals surface area contributed by atoms with Gasteiger partial charge in [0.2, 0.25) is 0 Å². The molecule has 2 heterocycles.